The molecule has 0 saturated heterocycles. The Balaban J connectivity index is 2.29. The minimum Gasteiger partial charge on any atom is -0.478 e. The molecule has 0 spiro atoms. The first-order valence-corrected chi connectivity index (χ1v) is 5.87. The highest BCUT2D eigenvalue weighted by Gasteiger charge is 2.44. The van der Waals surface area contributed by atoms with Gasteiger partial charge < -0.3 is 10.2 Å². The molecule has 2 rings (SSSR count). The normalized spacial score (nSPS) is 21.1. The first-order chi connectivity index (χ1) is 8.73. The van der Waals surface area contributed by atoms with Crippen molar-refractivity contribution in [3.05, 3.63) is 35.1 Å². The maximum atomic E-state index is 13.8. The zero-order valence-electron chi connectivity index (χ0n) is 10.00. The Kier molecular flexibility index (Phi) is 3.30. The molecular weight excluding hydrogens is 261 g/mol. The molecule has 3 nitrogen and oxygen atoms in total. The third-order valence-corrected chi connectivity index (χ3v) is 3.53. The first kappa shape index (κ1) is 13.9. The topological polar surface area (TPSA) is 57.5 Å². The second kappa shape index (κ2) is 4.52. The highest BCUT2D eigenvalue weighted by atomic mass is 19.3. The lowest BCUT2D eigenvalue weighted by Crippen LogP contribution is -2.37. The molecule has 0 bridgehead atoms. The van der Waals surface area contributed by atoms with E-state index in [1.54, 1.807) is 0 Å². The summed E-state index contributed by atoms with van der Waals surface area (Å²) in [7, 11) is 0. The number of benzene rings is 1. The van der Waals surface area contributed by atoms with Crippen LogP contribution in [0.5, 0.6) is 0 Å². The van der Waals surface area contributed by atoms with Crippen molar-refractivity contribution < 1.29 is 28.2 Å². The van der Waals surface area contributed by atoms with Crippen LogP contribution >= 0.6 is 0 Å². The number of carboxylic acid groups (broad SMARTS) is 1. The van der Waals surface area contributed by atoms with Crippen LogP contribution in [0.4, 0.5) is 13.2 Å². The quantitative estimate of drug-likeness (QED) is 0.871. The van der Waals surface area contributed by atoms with E-state index in [-0.39, 0.29) is 24.0 Å². The Bertz CT molecular complexity index is 504. The van der Waals surface area contributed by atoms with Gasteiger partial charge in [0.25, 0.3) is 0 Å². The zero-order valence-corrected chi connectivity index (χ0v) is 10.00. The van der Waals surface area contributed by atoms with Crippen LogP contribution in [0.2, 0.25) is 0 Å². The lowest BCUT2D eigenvalue weighted by molar-refractivity contribution is -0.108. The number of halogens is 3. The molecule has 0 aromatic heterocycles. The molecule has 19 heavy (non-hydrogen) atoms. The van der Waals surface area contributed by atoms with Gasteiger partial charge in [0.15, 0.2) is 0 Å². The van der Waals surface area contributed by atoms with Gasteiger partial charge in [0, 0.05) is 18.4 Å². The van der Waals surface area contributed by atoms with Gasteiger partial charge in [-0.05, 0) is 25.0 Å². The van der Waals surface area contributed by atoms with Gasteiger partial charge >= 0.3 is 5.97 Å². The van der Waals surface area contributed by atoms with Crippen LogP contribution in [0.25, 0.3) is 0 Å². The fraction of sp³-hybridized carbons (Fsp3) is 0.462. The van der Waals surface area contributed by atoms with Crippen LogP contribution in [-0.4, -0.2) is 22.1 Å². The molecule has 0 atom stereocenters. The van der Waals surface area contributed by atoms with Gasteiger partial charge in [-0.1, -0.05) is 6.07 Å². The SMILES string of the molecule is O=C(O)c1ccc(C2(O)CCC(F)(F)CC2)c(F)c1. The van der Waals surface area contributed by atoms with Gasteiger partial charge in [0.2, 0.25) is 5.92 Å². The van der Waals surface area contributed by atoms with Crippen molar-refractivity contribution in [2.75, 3.05) is 0 Å². The highest BCUT2D eigenvalue weighted by molar-refractivity contribution is 5.87. The van der Waals surface area contributed by atoms with Crippen LogP contribution < -0.4 is 0 Å². The average molecular weight is 274 g/mol. The zero-order chi connectivity index (χ0) is 14.3. The van der Waals surface area contributed by atoms with E-state index < -0.39 is 36.2 Å². The van der Waals surface area contributed by atoms with Crippen molar-refractivity contribution in [1.82, 2.24) is 0 Å². The van der Waals surface area contributed by atoms with E-state index in [4.69, 9.17) is 5.11 Å². The van der Waals surface area contributed by atoms with Crippen molar-refractivity contribution in [3.63, 3.8) is 0 Å². The first-order valence-electron chi connectivity index (χ1n) is 5.87. The molecule has 1 aliphatic carbocycles. The van der Waals surface area contributed by atoms with Crippen molar-refractivity contribution in [3.8, 4) is 0 Å². The van der Waals surface area contributed by atoms with Crippen molar-refractivity contribution in [2.45, 2.75) is 37.2 Å². The third-order valence-electron chi connectivity index (χ3n) is 3.53. The minimum absolute atomic E-state index is 0.118. The van der Waals surface area contributed by atoms with E-state index in [0.717, 1.165) is 18.2 Å². The molecule has 0 amide bonds. The second-order valence-electron chi connectivity index (χ2n) is 4.89. The lowest BCUT2D eigenvalue weighted by atomic mass is 9.78. The van der Waals surface area contributed by atoms with Gasteiger partial charge in [-0.25, -0.2) is 18.0 Å². The maximum Gasteiger partial charge on any atom is 0.335 e. The summed E-state index contributed by atoms with van der Waals surface area (Å²) in [4.78, 5) is 10.7. The van der Waals surface area contributed by atoms with Crippen molar-refractivity contribution >= 4 is 5.97 Å². The van der Waals surface area contributed by atoms with E-state index in [2.05, 4.69) is 0 Å². The monoisotopic (exact) mass is 274 g/mol. The Hall–Kier alpha value is -1.56. The molecule has 104 valence electrons. The van der Waals surface area contributed by atoms with Gasteiger partial charge in [-0.2, -0.15) is 0 Å². The van der Waals surface area contributed by atoms with Crippen LogP contribution in [-0.2, 0) is 5.60 Å². The summed E-state index contributed by atoms with van der Waals surface area (Å²) in [5, 5.41) is 19.0. The predicted molar refractivity (Wildman–Crippen MR) is 60.7 cm³/mol. The highest BCUT2D eigenvalue weighted by Crippen LogP contribution is 2.44. The summed E-state index contributed by atoms with van der Waals surface area (Å²) in [6, 6.07) is 3.11. The van der Waals surface area contributed by atoms with E-state index in [1.165, 1.54) is 0 Å². The van der Waals surface area contributed by atoms with Crippen molar-refractivity contribution in [2.24, 2.45) is 0 Å². The Morgan fingerprint density at radius 3 is 2.21 bits per heavy atom. The summed E-state index contributed by atoms with van der Waals surface area (Å²) in [6.45, 7) is 0. The molecular formula is C13H13F3O3. The Morgan fingerprint density at radius 1 is 1.16 bits per heavy atom. The fourth-order valence-electron chi connectivity index (χ4n) is 2.32. The van der Waals surface area contributed by atoms with Gasteiger partial charge in [0.05, 0.1) is 11.2 Å². The number of aliphatic hydroxyl groups is 1. The fourth-order valence-corrected chi connectivity index (χ4v) is 2.32. The third kappa shape index (κ3) is 2.73. The largest absolute Gasteiger partial charge is 0.478 e. The molecule has 1 aromatic carbocycles. The number of rotatable bonds is 2. The minimum atomic E-state index is -2.83. The van der Waals surface area contributed by atoms with Crippen molar-refractivity contribution in [1.29, 1.82) is 0 Å². The van der Waals surface area contributed by atoms with Gasteiger partial charge in [0.1, 0.15) is 5.82 Å². The second-order valence-corrected chi connectivity index (χ2v) is 4.89. The smallest absolute Gasteiger partial charge is 0.335 e. The number of hydrogen-bond acceptors (Lipinski definition) is 2. The number of aromatic carboxylic acids is 1. The summed E-state index contributed by atoms with van der Waals surface area (Å²) in [6.07, 6.45) is -1.51. The summed E-state index contributed by atoms with van der Waals surface area (Å²) in [5.41, 5.74) is -2.01. The molecule has 1 aliphatic rings. The Labute approximate surface area is 107 Å². The molecule has 0 aliphatic heterocycles. The van der Waals surface area contributed by atoms with E-state index in [1.807, 2.05) is 0 Å². The van der Waals surface area contributed by atoms with E-state index in [0.29, 0.717) is 0 Å². The lowest BCUT2D eigenvalue weighted by Gasteiger charge is -2.36. The van der Waals surface area contributed by atoms with Gasteiger partial charge in [-0.15, -0.1) is 0 Å². The summed E-state index contributed by atoms with van der Waals surface area (Å²) < 4.78 is 39.9. The molecule has 0 unspecified atom stereocenters. The van der Waals surface area contributed by atoms with Crippen LogP contribution in [0.15, 0.2) is 18.2 Å². The predicted octanol–water partition coefficient (Wildman–Crippen LogP) is 2.92. The number of hydrogen-bond donors (Lipinski definition) is 2. The standard InChI is InChI=1S/C13H13F3O3/c14-10-7-8(11(17)18)1-2-9(10)12(19)3-5-13(15,16)6-4-12/h1-2,7,19H,3-6H2,(H,17,18). The number of alkyl halides is 2. The summed E-state index contributed by atoms with van der Waals surface area (Å²) >= 11 is 0. The molecule has 0 heterocycles. The molecule has 1 aromatic rings. The van der Waals surface area contributed by atoms with Crippen LogP contribution in [0, 0.1) is 5.82 Å². The maximum absolute atomic E-state index is 13.8. The number of carbonyl (C=O) groups is 1. The van der Waals surface area contributed by atoms with Crippen LogP contribution in [0.1, 0.15) is 41.6 Å². The molecule has 1 saturated carbocycles. The van der Waals surface area contributed by atoms with Crippen LogP contribution in [0.3, 0.4) is 0 Å². The molecule has 2 N–H and O–H groups in total. The number of carboxylic acids is 1. The van der Waals surface area contributed by atoms with Gasteiger partial charge in [-0.3, -0.25) is 0 Å². The van der Waals surface area contributed by atoms with E-state index in [9.17, 15) is 23.1 Å². The Morgan fingerprint density at radius 2 is 1.74 bits per heavy atom. The summed E-state index contributed by atoms with van der Waals surface area (Å²) in [5.74, 6) is -5.00. The average Bonchev–Trinajstić information content (AvgIpc) is 2.33. The molecule has 6 heteroatoms. The van der Waals surface area contributed by atoms with E-state index >= 15 is 0 Å². The molecule has 0 radical (unpaired) electrons. The molecule has 1 fully saturated rings.